The van der Waals surface area contributed by atoms with E-state index in [1.807, 2.05) is 21.1 Å². The van der Waals surface area contributed by atoms with E-state index in [1.165, 1.54) is 109 Å². The van der Waals surface area contributed by atoms with Crippen molar-refractivity contribution < 1.29 is 38.2 Å². The molecule has 0 bridgehead atoms. The van der Waals surface area contributed by atoms with Crippen molar-refractivity contribution in [1.82, 2.24) is 0 Å². The molecule has 0 aromatic carbocycles. The predicted octanol–water partition coefficient (Wildman–Crippen LogP) is 14.7. The van der Waals surface area contributed by atoms with Crippen LogP contribution < -0.4 is 0 Å². The number of hydrogen-bond donors (Lipinski definition) is 1. The summed E-state index contributed by atoms with van der Waals surface area (Å²) >= 11 is 0. The van der Waals surface area contributed by atoms with Crippen LogP contribution in [0.3, 0.4) is 0 Å². The number of ether oxygens (including phenoxy) is 3. The largest absolute Gasteiger partial charge is 0.477 e. The third-order valence-electron chi connectivity index (χ3n) is 11.1. The van der Waals surface area contributed by atoms with Gasteiger partial charge in [-0.3, -0.25) is 9.59 Å². The summed E-state index contributed by atoms with van der Waals surface area (Å²) < 4.78 is 17.3. The summed E-state index contributed by atoms with van der Waals surface area (Å²) in [4.78, 5) is 37.1. The van der Waals surface area contributed by atoms with Gasteiger partial charge in [-0.05, 0) is 83.5 Å². The Kier molecular flexibility index (Phi) is 43.0. The first-order chi connectivity index (χ1) is 30.6. The minimum atomic E-state index is -0.886. The van der Waals surface area contributed by atoms with Crippen LogP contribution in [0.4, 0.5) is 0 Å². The number of unbranched alkanes of at least 4 members (excludes halogenated alkanes) is 19. The number of hydrogen-bond acceptors (Lipinski definition) is 6. The van der Waals surface area contributed by atoms with Crippen LogP contribution in [0.5, 0.6) is 0 Å². The molecular formula is C55H96NO7+. The van der Waals surface area contributed by atoms with Crippen LogP contribution in [0, 0.1) is 0 Å². The molecule has 0 aliphatic heterocycles. The van der Waals surface area contributed by atoms with Crippen LogP contribution in [0.25, 0.3) is 0 Å². The third kappa shape index (κ3) is 43.8. The summed E-state index contributed by atoms with van der Waals surface area (Å²) in [5.74, 6) is -1.55. The molecule has 0 fully saturated rings. The summed E-state index contributed by atoms with van der Waals surface area (Å²) in [7, 11) is 5.51. The quantitative estimate of drug-likeness (QED) is 0.0281. The summed E-state index contributed by atoms with van der Waals surface area (Å²) in [5, 5.41) is 9.65. The van der Waals surface area contributed by atoms with Gasteiger partial charge in [-0.25, -0.2) is 4.79 Å². The van der Waals surface area contributed by atoms with Crippen LogP contribution in [0.1, 0.15) is 206 Å². The number of allylic oxidation sites excluding steroid dienone is 12. The Hall–Kier alpha value is -3.23. The van der Waals surface area contributed by atoms with E-state index in [0.717, 1.165) is 57.8 Å². The van der Waals surface area contributed by atoms with Crippen LogP contribution >= 0.6 is 0 Å². The smallest absolute Gasteiger partial charge is 0.362 e. The fourth-order valence-electron chi connectivity index (χ4n) is 7.11. The van der Waals surface area contributed by atoms with E-state index in [-0.39, 0.29) is 42.7 Å². The zero-order chi connectivity index (χ0) is 46.3. The van der Waals surface area contributed by atoms with E-state index >= 15 is 0 Å². The summed E-state index contributed by atoms with van der Waals surface area (Å²) in [5.41, 5.74) is 0. The number of aliphatic carboxylic acids is 1. The first-order valence-electron chi connectivity index (χ1n) is 25.5. The van der Waals surface area contributed by atoms with Gasteiger partial charge < -0.3 is 23.8 Å². The van der Waals surface area contributed by atoms with Gasteiger partial charge in [-0.1, -0.05) is 177 Å². The van der Waals surface area contributed by atoms with Crippen LogP contribution in [-0.4, -0.2) is 80.6 Å². The number of carboxylic acid groups (broad SMARTS) is 1. The van der Waals surface area contributed by atoms with Crippen LogP contribution in [0.15, 0.2) is 72.9 Å². The van der Waals surface area contributed by atoms with Gasteiger partial charge in [0.2, 0.25) is 0 Å². The Bertz CT molecular complexity index is 1260. The molecular weight excluding hydrogens is 787 g/mol. The highest BCUT2D eigenvalue weighted by Crippen LogP contribution is 2.14. The first kappa shape index (κ1) is 59.8. The second-order valence-electron chi connectivity index (χ2n) is 18.1. The highest BCUT2D eigenvalue weighted by atomic mass is 16.6. The van der Waals surface area contributed by atoms with Crippen molar-refractivity contribution in [2.45, 2.75) is 219 Å². The Morgan fingerprint density at radius 1 is 0.476 bits per heavy atom. The monoisotopic (exact) mass is 883 g/mol. The minimum absolute atomic E-state index is 0.0336. The fourth-order valence-corrected chi connectivity index (χ4v) is 7.11. The lowest BCUT2D eigenvalue weighted by atomic mass is 10.1. The predicted molar refractivity (Wildman–Crippen MR) is 266 cm³/mol. The number of carbonyl (C=O) groups is 3. The van der Waals surface area contributed by atoms with Crippen molar-refractivity contribution in [1.29, 1.82) is 0 Å². The lowest BCUT2D eigenvalue weighted by Crippen LogP contribution is -2.50. The second kappa shape index (κ2) is 45.3. The molecule has 1 N–H and O–H groups in total. The third-order valence-corrected chi connectivity index (χ3v) is 11.1. The maximum absolute atomic E-state index is 12.7. The fraction of sp³-hybridized carbons (Fsp3) is 0.727. The zero-order valence-corrected chi connectivity index (χ0v) is 41.3. The average Bonchev–Trinajstić information content (AvgIpc) is 3.24. The Morgan fingerprint density at radius 3 is 1.32 bits per heavy atom. The first-order valence-corrected chi connectivity index (χ1v) is 25.5. The van der Waals surface area contributed by atoms with E-state index < -0.39 is 18.1 Å². The van der Waals surface area contributed by atoms with Gasteiger partial charge in [-0.2, -0.15) is 0 Å². The van der Waals surface area contributed by atoms with Crippen molar-refractivity contribution >= 4 is 17.9 Å². The number of esters is 2. The zero-order valence-electron chi connectivity index (χ0n) is 41.3. The van der Waals surface area contributed by atoms with Crippen LogP contribution in [-0.2, 0) is 28.6 Å². The van der Waals surface area contributed by atoms with Gasteiger partial charge in [0.15, 0.2) is 12.1 Å². The molecule has 0 aliphatic carbocycles. The van der Waals surface area contributed by atoms with E-state index in [9.17, 15) is 19.5 Å². The van der Waals surface area contributed by atoms with Gasteiger partial charge in [-0.15, -0.1) is 0 Å². The minimum Gasteiger partial charge on any atom is -0.477 e. The van der Waals surface area contributed by atoms with Crippen molar-refractivity contribution in [3.8, 4) is 0 Å². The highest BCUT2D eigenvalue weighted by Gasteiger charge is 2.31. The van der Waals surface area contributed by atoms with Crippen LogP contribution in [0.2, 0.25) is 0 Å². The number of rotatable bonds is 45. The molecule has 0 saturated carbocycles. The molecule has 0 saturated heterocycles. The molecule has 0 spiro atoms. The normalized spacial score (nSPS) is 13.5. The molecule has 2 unspecified atom stereocenters. The van der Waals surface area contributed by atoms with Crippen molar-refractivity contribution in [2.24, 2.45) is 0 Å². The molecule has 0 aromatic heterocycles. The van der Waals surface area contributed by atoms with Gasteiger partial charge in [0.05, 0.1) is 34.4 Å². The Labute approximate surface area is 387 Å². The Morgan fingerprint density at radius 2 is 0.857 bits per heavy atom. The number of quaternary nitrogens is 1. The topological polar surface area (TPSA) is 99.1 Å². The summed E-state index contributed by atoms with van der Waals surface area (Å²) in [6.45, 7) is 4.64. The number of carboxylic acids is 1. The second-order valence-corrected chi connectivity index (χ2v) is 18.1. The lowest BCUT2D eigenvalue weighted by molar-refractivity contribution is -0.887. The lowest BCUT2D eigenvalue weighted by Gasteiger charge is -2.31. The van der Waals surface area contributed by atoms with E-state index in [2.05, 4.69) is 86.8 Å². The SMILES string of the molecule is CCCCC/C=C/C/C=C/C/C=C/C/C=C/CCCC(=O)OC(COCCC(C(=O)O)[N+](C)(C)C)COC(=O)CCCCCCCCC/C=C/C/C=C/CCCCCCCCCC. The number of likely N-dealkylation sites (N-methyl/N-ethyl adjacent to an activating group) is 1. The maximum Gasteiger partial charge on any atom is 0.362 e. The molecule has 63 heavy (non-hydrogen) atoms. The molecule has 0 rings (SSSR count). The van der Waals surface area contributed by atoms with Gasteiger partial charge in [0, 0.05) is 19.3 Å². The summed E-state index contributed by atoms with van der Waals surface area (Å²) in [6, 6.07) is -0.629. The van der Waals surface area contributed by atoms with E-state index in [4.69, 9.17) is 14.2 Å². The van der Waals surface area contributed by atoms with Gasteiger partial charge >= 0.3 is 17.9 Å². The molecule has 0 aliphatic rings. The molecule has 0 aromatic rings. The molecule has 8 heteroatoms. The number of nitrogens with zero attached hydrogens (tertiary/aromatic N) is 1. The van der Waals surface area contributed by atoms with Gasteiger partial charge in [0.25, 0.3) is 0 Å². The van der Waals surface area contributed by atoms with Crippen molar-refractivity contribution in [2.75, 3.05) is 41.0 Å². The molecule has 0 radical (unpaired) electrons. The van der Waals surface area contributed by atoms with Crippen molar-refractivity contribution in [3.05, 3.63) is 72.9 Å². The number of carbonyl (C=O) groups excluding carboxylic acids is 2. The molecule has 2 atom stereocenters. The average molecular weight is 883 g/mol. The van der Waals surface area contributed by atoms with E-state index in [0.29, 0.717) is 19.3 Å². The molecule has 8 nitrogen and oxygen atoms in total. The maximum atomic E-state index is 12.7. The Balaban J connectivity index is 4.34. The molecule has 0 amide bonds. The standard InChI is InChI=1S/C55H95NO7/c1-6-8-10-12-14-16-18-20-22-24-25-26-27-28-30-31-33-35-37-39-41-43-45-53(57)62-50-51(49-61-48-47-52(55(59)60)56(3,4)5)63-54(58)46-44-42-40-38-36-34-32-29-23-21-19-17-15-13-11-9-7-2/h15,17,21,23-25,27-28,32,34,38,40,51-52H,6-14,16,18-20,22,26,29-31,33,35-37,39,41-50H2,1-5H3/p+1/b17-15+,23-21+,25-24+,28-27+,34-32+,40-38+. The van der Waals surface area contributed by atoms with Gasteiger partial charge in [0.1, 0.15) is 6.61 Å². The molecule has 0 heterocycles. The van der Waals surface area contributed by atoms with Crippen molar-refractivity contribution in [3.63, 3.8) is 0 Å². The van der Waals surface area contributed by atoms with E-state index in [1.54, 1.807) is 0 Å². The molecule has 362 valence electrons. The summed E-state index contributed by atoms with van der Waals surface area (Å²) in [6.07, 6.45) is 58.2. The highest BCUT2D eigenvalue weighted by molar-refractivity contribution is 5.72.